The molecule has 0 radical (unpaired) electrons. The molecule has 0 aromatic carbocycles. The lowest BCUT2D eigenvalue weighted by Gasteiger charge is -2.45. The highest BCUT2D eigenvalue weighted by Crippen LogP contribution is 2.57. The zero-order chi connectivity index (χ0) is 11.3. The van der Waals surface area contributed by atoms with E-state index in [1.165, 1.54) is 4.90 Å². The number of aldehydes is 1. The van der Waals surface area contributed by atoms with Gasteiger partial charge in [0.05, 0.1) is 6.04 Å². The summed E-state index contributed by atoms with van der Waals surface area (Å²) in [4.78, 5) is 24.1. The van der Waals surface area contributed by atoms with Crippen molar-refractivity contribution in [1.29, 1.82) is 0 Å². The van der Waals surface area contributed by atoms with Crippen molar-refractivity contribution < 1.29 is 14.3 Å². The predicted octanol–water partition coefficient (Wildman–Crippen LogP) is 1.58. The van der Waals surface area contributed by atoms with Crippen molar-refractivity contribution in [3.05, 3.63) is 0 Å². The highest BCUT2D eigenvalue weighted by atomic mass is 16.6. The Morgan fingerprint density at radius 1 is 1.47 bits per heavy atom. The first kappa shape index (κ1) is 10.5. The minimum Gasteiger partial charge on any atom is -0.444 e. The van der Waals surface area contributed by atoms with Crippen molar-refractivity contribution in [2.24, 2.45) is 5.41 Å². The number of carbonyl (C=O) groups is 2. The van der Waals surface area contributed by atoms with Crippen LogP contribution in [-0.2, 0) is 9.53 Å². The van der Waals surface area contributed by atoms with Gasteiger partial charge in [-0.2, -0.15) is 0 Å². The molecule has 1 aliphatic carbocycles. The first-order valence-electron chi connectivity index (χ1n) is 5.33. The molecule has 0 N–H and O–H groups in total. The van der Waals surface area contributed by atoms with Gasteiger partial charge in [0.15, 0.2) is 0 Å². The SMILES string of the molecule is CC(C)(C)OC(=O)N1CC2(CC2)C1C=O. The van der Waals surface area contributed by atoms with Gasteiger partial charge < -0.3 is 9.53 Å². The summed E-state index contributed by atoms with van der Waals surface area (Å²) in [6.07, 6.45) is 2.64. The Kier molecular flexibility index (Phi) is 2.07. The number of likely N-dealkylation sites (tertiary alicyclic amines) is 1. The fourth-order valence-corrected chi connectivity index (χ4v) is 2.08. The Hall–Kier alpha value is -1.06. The molecule has 4 heteroatoms. The lowest BCUT2D eigenvalue weighted by Crippen LogP contribution is -2.61. The third kappa shape index (κ3) is 1.73. The third-order valence-electron chi connectivity index (χ3n) is 3.10. The van der Waals surface area contributed by atoms with Crippen molar-refractivity contribution in [3.63, 3.8) is 0 Å². The van der Waals surface area contributed by atoms with Crippen LogP contribution >= 0.6 is 0 Å². The lowest BCUT2D eigenvalue weighted by atomic mass is 9.86. The van der Waals surface area contributed by atoms with Crippen LogP contribution in [0.25, 0.3) is 0 Å². The number of hydrogen-bond acceptors (Lipinski definition) is 3. The molecule has 0 bridgehead atoms. The fourth-order valence-electron chi connectivity index (χ4n) is 2.08. The maximum atomic E-state index is 11.7. The van der Waals surface area contributed by atoms with Crippen LogP contribution in [0.1, 0.15) is 33.6 Å². The first-order valence-corrected chi connectivity index (χ1v) is 5.33. The summed E-state index contributed by atoms with van der Waals surface area (Å²) >= 11 is 0. The van der Waals surface area contributed by atoms with Crippen LogP contribution in [0.3, 0.4) is 0 Å². The minimum absolute atomic E-state index is 0.124. The number of carbonyl (C=O) groups excluding carboxylic acids is 2. The quantitative estimate of drug-likeness (QED) is 0.619. The molecule has 0 aromatic heterocycles. The molecule has 1 unspecified atom stereocenters. The predicted molar refractivity (Wildman–Crippen MR) is 54.5 cm³/mol. The molecule has 1 spiro atoms. The van der Waals surface area contributed by atoms with Crippen molar-refractivity contribution in [2.45, 2.75) is 45.3 Å². The van der Waals surface area contributed by atoms with E-state index in [1.54, 1.807) is 0 Å². The molecule has 1 aliphatic heterocycles. The summed E-state index contributed by atoms with van der Waals surface area (Å²) < 4.78 is 5.22. The molecule has 1 saturated carbocycles. The summed E-state index contributed by atoms with van der Waals surface area (Å²) in [5.74, 6) is 0. The number of rotatable bonds is 1. The largest absolute Gasteiger partial charge is 0.444 e. The van der Waals surface area contributed by atoms with Gasteiger partial charge in [0.1, 0.15) is 11.9 Å². The van der Waals surface area contributed by atoms with Crippen LogP contribution in [0.5, 0.6) is 0 Å². The van der Waals surface area contributed by atoms with Crippen molar-refractivity contribution in [2.75, 3.05) is 6.54 Å². The molecule has 1 saturated heterocycles. The smallest absolute Gasteiger partial charge is 0.410 e. The van der Waals surface area contributed by atoms with Crippen LogP contribution in [0, 0.1) is 5.41 Å². The molecule has 0 aromatic rings. The van der Waals surface area contributed by atoms with Crippen LogP contribution in [0.4, 0.5) is 4.79 Å². The molecule has 2 aliphatic rings. The molecular weight excluding hydrogens is 194 g/mol. The highest BCUT2D eigenvalue weighted by Gasteiger charge is 2.62. The van der Waals surface area contributed by atoms with E-state index in [0.717, 1.165) is 19.1 Å². The van der Waals surface area contributed by atoms with Gasteiger partial charge in [0.2, 0.25) is 0 Å². The van der Waals surface area contributed by atoms with E-state index in [4.69, 9.17) is 4.74 Å². The van der Waals surface area contributed by atoms with Gasteiger partial charge in [-0.05, 0) is 33.6 Å². The lowest BCUT2D eigenvalue weighted by molar-refractivity contribution is -0.122. The molecule has 15 heavy (non-hydrogen) atoms. The first-order chi connectivity index (χ1) is 6.88. The van der Waals surface area contributed by atoms with Gasteiger partial charge in [-0.15, -0.1) is 0 Å². The second-order valence-corrected chi connectivity index (χ2v) is 5.55. The van der Waals surface area contributed by atoms with Crippen LogP contribution in [0.2, 0.25) is 0 Å². The number of amides is 1. The van der Waals surface area contributed by atoms with E-state index in [9.17, 15) is 9.59 Å². The van der Waals surface area contributed by atoms with Gasteiger partial charge in [-0.3, -0.25) is 4.90 Å². The van der Waals surface area contributed by atoms with E-state index >= 15 is 0 Å². The standard InChI is InChI=1S/C11H17NO3/c1-10(2,3)15-9(14)12-7-11(4-5-11)8(12)6-13/h6,8H,4-5,7H2,1-3H3. The summed E-state index contributed by atoms with van der Waals surface area (Å²) in [6, 6.07) is -0.243. The number of nitrogens with zero attached hydrogens (tertiary/aromatic N) is 1. The van der Waals surface area contributed by atoms with E-state index in [0.29, 0.717) is 6.54 Å². The molecular formula is C11H17NO3. The Morgan fingerprint density at radius 3 is 2.47 bits per heavy atom. The van der Waals surface area contributed by atoms with Gasteiger partial charge >= 0.3 is 6.09 Å². The molecule has 84 valence electrons. The maximum Gasteiger partial charge on any atom is 0.410 e. The Balaban J connectivity index is 1.95. The Labute approximate surface area is 89.6 Å². The molecule has 1 heterocycles. The zero-order valence-electron chi connectivity index (χ0n) is 9.45. The van der Waals surface area contributed by atoms with E-state index < -0.39 is 5.60 Å². The Morgan fingerprint density at radius 2 is 2.07 bits per heavy atom. The minimum atomic E-state index is -0.489. The average molecular weight is 211 g/mol. The Bertz CT molecular complexity index is 301. The monoisotopic (exact) mass is 211 g/mol. The van der Waals surface area contributed by atoms with E-state index in [2.05, 4.69) is 0 Å². The number of hydrogen-bond donors (Lipinski definition) is 0. The fraction of sp³-hybridized carbons (Fsp3) is 0.818. The highest BCUT2D eigenvalue weighted by molar-refractivity contribution is 5.77. The van der Waals surface area contributed by atoms with Gasteiger partial charge in [-0.25, -0.2) is 4.79 Å². The van der Waals surface area contributed by atoms with Gasteiger partial charge in [-0.1, -0.05) is 0 Å². The molecule has 2 fully saturated rings. The van der Waals surface area contributed by atoms with Crippen molar-refractivity contribution in [3.8, 4) is 0 Å². The topological polar surface area (TPSA) is 46.6 Å². The maximum absolute atomic E-state index is 11.7. The van der Waals surface area contributed by atoms with E-state index in [1.807, 2.05) is 20.8 Å². The van der Waals surface area contributed by atoms with Crippen molar-refractivity contribution >= 4 is 12.4 Å². The molecule has 2 rings (SSSR count). The zero-order valence-corrected chi connectivity index (χ0v) is 9.45. The van der Waals surface area contributed by atoms with Crippen LogP contribution < -0.4 is 0 Å². The normalized spacial score (nSPS) is 27.1. The molecule has 4 nitrogen and oxygen atoms in total. The average Bonchev–Trinajstić information content (AvgIpc) is 2.78. The summed E-state index contributed by atoms with van der Waals surface area (Å²) in [5.41, 5.74) is -0.366. The summed E-state index contributed by atoms with van der Waals surface area (Å²) in [5, 5.41) is 0. The van der Waals surface area contributed by atoms with Crippen molar-refractivity contribution in [1.82, 2.24) is 4.90 Å². The second-order valence-electron chi connectivity index (χ2n) is 5.55. The number of ether oxygens (including phenoxy) is 1. The molecule has 1 atom stereocenters. The van der Waals surface area contributed by atoms with Crippen LogP contribution in [0.15, 0.2) is 0 Å². The summed E-state index contributed by atoms with van der Waals surface area (Å²) in [7, 11) is 0. The van der Waals surface area contributed by atoms with Gasteiger partial charge in [0.25, 0.3) is 0 Å². The summed E-state index contributed by atoms with van der Waals surface area (Å²) in [6.45, 7) is 6.17. The van der Waals surface area contributed by atoms with Crippen LogP contribution in [-0.4, -0.2) is 35.5 Å². The van der Waals surface area contributed by atoms with E-state index in [-0.39, 0.29) is 17.6 Å². The second kappa shape index (κ2) is 2.97. The third-order valence-corrected chi connectivity index (χ3v) is 3.10. The molecule has 1 amide bonds. The van der Waals surface area contributed by atoms with Gasteiger partial charge in [0, 0.05) is 12.0 Å².